The van der Waals surface area contributed by atoms with Crippen molar-refractivity contribution in [2.75, 3.05) is 0 Å². The minimum atomic E-state index is -0.497. The van der Waals surface area contributed by atoms with Crippen LogP contribution >= 0.6 is 0 Å². The maximum absolute atomic E-state index is 12.2. The molecule has 0 aromatic heterocycles. The number of carbonyl (C=O) groups excluding carboxylic acids is 2. The summed E-state index contributed by atoms with van der Waals surface area (Å²) in [7, 11) is 0. The molecular weight excluding hydrogens is 536 g/mol. The third-order valence-corrected chi connectivity index (χ3v) is 8.01. The van der Waals surface area contributed by atoms with Crippen molar-refractivity contribution in [3.05, 3.63) is 143 Å². The molecule has 6 nitrogen and oxygen atoms in total. The van der Waals surface area contributed by atoms with Gasteiger partial charge in [0.25, 0.3) is 11.8 Å². The number of benzene rings is 4. The molecule has 4 aromatic carbocycles. The first kappa shape index (κ1) is 31.7. The van der Waals surface area contributed by atoms with E-state index in [1.54, 1.807) is 5.48 Å². The summed E-state index contributed by atoms with van der Waals surface area (Å²) in [5.74, 6) is -0.621. The first-order valence-corrected chi connectivity index (χ1v) is 15.1. The molecule has 0 aliphatic heterocycles. The van der Waals surface area contributed by atoms with E-state index in [1.165, 1.54) is 36.8 Å². The Morgan fingerprint density at radius 1 is 0.651 bits per heavy atom. The highest BCUT2D eigenvalue weighted by molar-refractivity contribution is 5.86. The van der Waals surface area contributed by atoms with Gasteiger partial charge in [-0.05, 0) is 64.5 Å². The van der Waals surface area contributed by atoms with Crippen molar-refractivity contribution in [3.8, 4) is 0 Å². The van der Waals surface area contributed by atoms with Gasteiger partial charge in [-0.1, -0.05) is 136 Å². The van der Waals surface area contributed by atoms with Crippen LogP contribution in [0.15, 0.2) is 109 Å². The summed E-state index contributed by atoms with van der Waals surface area (Å²) >= 11 is 0. The first-order chi connectivity index (χ1) is 20.9. The van der Waals surface area contributed by atoms with E-state index >= 15 is 0 Å². The number of hydroxylamine groups is 2. The van der Waals surface area contributed by atoms with Gasteiger partial charge in [-0.15, -0.1) is 0 Å². The summed E-state index contributed by atoms with van der Waals surface area (Å²) in [5, 5.41) is 18.2. The lowest BCUT2D eigenvalue weighted by Gasteiger charge is -2.18. The normalized spacial score (nSPS) is 14.3. The maximum Gasteiger partial charge on any atom is 0.255 e. The molecule has 2 unspecified atom stereocenters. The van der Waals surface area contributed by atoms with E-state index in [2.05, 4.69) is 32.0 Å². The van der Waals surface area contributed by atoms with Crippen LogP contribution < -0.4 is 11.0 Å². The molecule has 1 aliphatic rings. The lowest BCUT2D eigenvalue weighted by molar-refractivity contribution is -0.130. The van der Waals surface area contributed by atoms with Crippen LogP contribution in [0.3, 0.4) is 0 Å². The Balaban J connectivity index is 0.000000197. The van der Waals surface area contributed by atoms with Crippen LogP contribution in [-0.4, -0.2) is 22.2 Å². The summed E-state index contributed by atoms with van der Waals surface area (Å²) in [6.45, 7) is 4.34. The number of nitrogens with one attached hydrogen (secondary N) is 2. The molecule has 0 spiro atoms. The second-order valence-corrected chi connectivity index (χ2v) is 11.6. The van der Waals surface area contributed by atoms with Crippen LogP contribution in [-0.2, 0) is 16.0 Å². The molecule has 1 saturated carbocycles. The summed E-state index contributed by atoms with van der Waals surface area (Å²) in [5.41, 5.74) is 9.69. The number of hydrogen-bond acceptors (Lipinski definition) is 4. The highest BCUT2D eigenvalue weighted by atomic mass is 16.5. The van der Waals surface area contributed by atoms with E-state index < -0.39 is 23.7 Å². The number of rotatable bonds is 9. The van der Waals surface area contributed by atoms with Crippen molar-refractivity contribution in [3.63, 3.8) is 0 Å². The Kier molecular flexibility index (Phi) is 11.7. The van der Waals surface area contributed by atoms with Crippen LogP contribution in [0.2, 0.25) is 0 Å². The zero-order valence-electron chi connectivity index (χ0n) is 24.9. The van der Waals surface area contributed by atoms with Gasteiger partial charge < -0.3 is 0 Å². The average Bonchev–Trinajstić information content (AvgIpc) is 3.58. The summed E-state index contributed by atoms with van der Waals surface area (Å²) < 4.78 is 0. The minimum absolute atomic E-state index is 0.394. The fourth-order valence-electron chi connectivity index (χ4n) is 6.03. The van der Waals surface area contributed by atoms with E-state index in [-0.39, 0.29) is 0 Å². The Morgan fingerprint density at radius 3 is 1.60 bits per heavy atom. The molecule has 6 heteroatoms. The van der Waals surface area contributed by atoms with Crippen molar-refractivity contribution in [1.82, 2.24) is 11.0 Å². The number of carbonyl (C=O) groups is 2. The average molecular weight is 579 g/mol. The maximum atomic E-state index is 12.2. The molecule has 0 bridgehead atoms. The molecule has 224 valence electrons. The third kappa shape index (κ3) is 8.63. The van der Waals surface area contributed by atoms with Crippen LogP contribution in [0.25, 0.3) is 0 Å². The zero-order valence-corrected chi connectivity index (χ0v) is 24.9. The molecule has 0 heterocycles. The Hall–Kier alpha value is -4.26. The van der Waals surface area contributed by atoms with Crippen molar-refractivity contribution in [2.24, 2.45) is 5.92 Å². The molecule has 5 rings (SSSR count). The Bertz CT molecular complexity index is 1450. The quantitative estimate of drug-likeness (QED) is 0.122. The van der Waals surface area contributed by atoms with Crippen molar-refractivity contribution >= 4 is 11.8 Å². The SMILES string of the molecule is CC(C)Cc1cccc(C(C(=O)NO)c2ccccc2)c1.O=C(NO)C(c1ccccc1)c1cccc(C2CCCC2)c1. The van der Waals surface area contributed by atoms with Crippen LogP contribution in [0, 0.1) is 5.92 Å². The summed E-state index contributed by atoms with van der Waals surface area (Å²) in [4.78, 5) is 24.3. The fraction of sp³-hybridized carbons (Fsp3) is 0.297. The van der Waals surface area contributed by atoms with Crippen molar-refractivity contribution < 1.29 is 20.0 Å². The van der Waals surface area contributed by atoms with Gasteiger partial charge in [-0.25, -0.2) is 11.0 Å². The molecule has 2 amide bonds. The highest BCUT2D eigenvalue weighted by Gasteiger charge is 2.25. The van der Waals surface area contributed by atoms with Crippen molar-refractivity contribution in [2.45, 2.75) is 63.7 Å². The van der Waals surface area contributed by atoms with Crippen LogP contribution in [0.1, 0.15) is 90.7 Å². The van der Waals surface area contributed by atoms with Gasteiger partial charge >= 0.3 is 0 Å². The molecule has 1 aliphatic carbocycles. The van der Waals surface area contributed by atoms with E-state index in [1.807, 2.05) is 96.5 Å². The summed E-state index contributed by atoms with van der Waals surface area (Å²) in [6.07, 6.45) is 6.00. The van der Waals surface area contributed by atoms with E-state index in [0.717, 1.165) is 28.7 Å². The van der Waals surface area contributed by atoms with Gasteiger partial charge in [0.1, 0.15) is 0 Å². The van der Waals surface area contributed by atoms with Gasteiger partial charge in [-0.3, -0.25) is 20.0 Å². The molecule has 0 saturated heterocycles. The fourth-order valence-corrected chi connectivity index (χ4v) is 6.03. The van der Waals surface area contributed by atoms with Gasteiger partial charge in [0.15, 0.2) is 0 Å². The van der Waals surface area contributed by atoms with Gasteiger partial charge in [0.2, 0.25) is 0 Å². The first-order valence-electron chi connectivity index (χ1n) is 15.1. The third-order valence-electron chi connectivity index (χ3n) is 8.01. The predicted molar refractivity (Wildman–Crippen MR) is 169 cm³/mol. The van der Waals surface area contributed by atoms with Gasteiger partial charge in [-0.2, -0.15) is 0 Å². The zero-order chi connectivity index (χ0) is 30.6. The second kappa shape index (κ2) is 15.8. The van der Waals surface area contributed by atoms with E-state index in [0.29, 0.717) is 11.8 Å². The number of hydrogen-bond donors (Lipinski definition) is 4. The predicted octanol–water partition coefficient (Wildman–Crippen LogP) is 7.50. The van der Waals surface area contributed by atoms with Gasteiger partial charge in [0.05, 0.1) is 11.8 Å². The Morgan fingerprint density at radius 2 is 1.12 bits per heavy atom. The highest BCUT2D eigenvalue weighted by Crippen LogP contribution is 2.36. The standard InChI is InChI=1S/C19H21NO2.C18H21NO2/c21-19(20-22)18(15-9-2-1-3-10-15)17-12-6-11-16(13-17)14-7-4-5-8-14;1-13(2)11-14-7-6-10-16(12-14)17(18(20)19-21)15-8-4-3-5-9-15/h1-3,6,9-14,18,22H,4-5,7-8H2,(H,20,21);3-10,12-13,17,21H,11H2,1-2H3,(H,19,20). The smallest absolute Gasteiger partial charge is 0.255 e. The van der Waals surface area contributed by atoms with Gasteiger partial charge in [0, 0.05) is 0 Å². The lowest BCUT2D eigenvalue weighted by Crippen LogP contribution is -2.27. The topological polar surface area (TPSA) is 98.7 Å². The largest absolute Gasteiger partial charge is 0.289 e. The molecule has 1 fully saturated rings. The second-order valence-electron chi connectivity index (χ2n) is 11.6. The molecule has 43 heavy (non-hydrogen) atoms. The molecule has 4 aromatic rings. The van der Waals surface area contributed by atoms with Crippen LogP contribution in [0.4, 0.5) is 0 Å². The molecular formula is C37H42N2O4. The van der Waals surface area contributed by atoms with E-state index in [9.17, 15) is 9.59 Å². The monoisotopic (exact) mass is 578 g/mol. The summed E-state index contributed by atoms with van der Waals surface area (Å²) in [6, 6.07) is 35.3. The van der Waals surface area contributed by atoms with E-state index in [4.69, 9.17) is 10.4 Å². The van der Waals surface area contributed by atoms with Crippen LogP contribution in [0.5, 0.6) is 0 Å². The molecule has 4 N–H and O–H groups in total. The Labute approximate surface area is 254 Å². The van der Waals surface area contributed by atoms with Crippen molar-refractivity contribution in [1.29, 1.82) is 0 Å². The molecule has 2 atom stereocenters. The molecule has 0 radical (unpaired) electrons. The number of amides is 2. The lowest BCUT2D eigenvalue weighted by atomic mass is 9.87. The minimum Gasteiger partial charge on any atom is -0.289 e.